The Balaban J connectivity index is 2.21. The fourth-order valence-corrected chi connectivity index (χ4v) is 3.51. The smallest absolute Gasteiger partial charge is 0.131 e. The average Bonchev–Trinajstić information content (AvgIpc) is 2.69. The third kappa shape index (κ3) is 3.17. The number of hydrogen-bond acceptors (Lipinski definition) is 3. The van der Waals surface area contributed by atoms with E-state index in [-0.39, 0.29) is 0 Å². The Kier molecular flexibility index (Phi) is 5.08. The molecule has 4 nitrogen and oxygen atoms in total. The molecule has 1 heterocycles. The van der Waals surface area contributed by atoms with Gasteiger partial charge in [0.1, 0.15) is 5.82 Å². The molecule has 0 aromatic carbocycles. The lowest BCUT2D eigenvalue weighted by molar-refractivity contribution is 0.334. The SMILES string of the molecule is CCNCc1c(C)nn(C)c1N(C)C1CCCC(C)C1. The first-order valence-electron chi connectivity index (χ1n) is 8.00. The summed E-state index contributed by atoms with van der Waals surface area (Å²) in [7, 11) is 4.31. The van der Waals surface area contributed by atoms with Gasteiger partial charge in [-0.2, -0.15) is 5.10 Å². The maximum atomic E-state index is 4.63. The summed E-state index contributed by atoms with van der Waals surface area (Å²) < 4.78 is 2.06. The zero-order valence-electron chi connectivity index (χ0n) is 13.7. The molecule has 2 rings (SSSR count). The number of nitrogens with one attached hydrogen (secondary N) is 1. The van der Waals surface area contributed by atoms with Gasteiger partial charge in [-0.1, -0.05) is 26.7 Å². The largest absolute Gasteiger partial charge is 0.357 e. The van der Waals surface area contributed by atoms with E-state index < -0.39 is 0 Å². The van der Waals surface area contributed by atoms with Crippen molar-refractivity contribution in [3.8, 4) is 0 Å². The predicted octanol–water partition coefficient (Wildman–Crippen LogP) is 2.85. The zero-order chi connectivity index (χ0) is 14.7. The Bertz CT molecular complexity index is 438. The van der Waals surface area contributed by atoms with Gasteiger partial charge in [0.2, 0.25) is 0 Å². The number of aromatic nitrogens is 2. The van der Waals surface area contributed by atoms with Crippen LogP contribution in [0, 0.1) is 12.8 Å². The molecule has 20 heavy (non-hydrogen) atoms. The van der Waals surface area contributed by atoms with Crippen LogP contribution in [0.2, 0.25) is 0 Å². The summed E-state index contributed by atoms with van der Waals surface area (Å²) in [5.41, 5.74) is 2.51. The molecule has 1 aromatic rings. The van der Waals surface area contributed by atoms with E-state index in [1.807, 2.05) is 0 Å². The van der Waals surface area contributed by atoms with Crippen molar-refractivity contribution in [1.82, 2.24) is 15.1 Å². The molecule has 0 aliphatic heterocycles. The standard InChI is InChI=1S/C16H30N4/c1-6-17-11-15-13(3)18-20(5)16(15)19(4)14-9-7-8-12(2)10-14/h12,14,17H,6-11H2,1-5H3. The van der Waals surface area contributed by atoms with Gasteiger partial charge < -0.3 is 10.2 Å². The van der Waals surface area contributed by atoms with Gasteiger partial charge in [0.05, 0.1) is 5.69 Å². The van der Waals surface area contributed by atoms with Crippen LogP contribution in [0.15, 0.2) is 0 Å². The normalized spacial score (nSPS) is 23.1. The number of anilines is 1. The second-order valence-corrected chi connectivity index (χ2v) is 6.33. The van der Waals surface area contributed by atoms with Gasteiger partial charge in [-0.25, -0.2) is 0 Å². The molecule has 1 N–H and O–H groups in total. The Morgan fingerprint density at radius 3 is 2.80 bits per heavy atom. The van der Waals surface area contributed by atoms with Crippen LogP contribution >= 0.6 is 0 Å². The molecule has 2 unspecified atom stereocenters. The third-order valence-corrected chi connectivity index (χ3v) is 4.66. The lowest BCUT2D eigenvalue weighted by Gasteiger charge is -2.36. The second kappa shape index (κ2) is 6.61. The molecule has 2 atom stereocenters. The van der Waals surface area contributed by atoms with Crippen LogP contribution < -0.4 is 10.2 Å². The van der Waals surface area contributed by atoms with Crippen molar-refractivity contribution in [1.29, 1.82) is 0 Å². The minimum absolute atomic E-state index is 0.661. The molecule has 0 radical (unpaired) electrons. The Labute approximate surface area is 123 Å². The molecule has 0 spiro atoms. The van der Waals surface area contributed by atoms with Crippen molar-refractivity contribution in [3.63, 3.8) is 0 Å². The summed E-state index contributed by atoms with van der Waals surface area (Å²) >= 11 is 0. The Morgan fingerprint density at radius 2 is 2.15 bits per heavy atom. The first-order valence-corrected chi connectivity index (χ1v) is 8.00. The molecule has 1 saturated carbocycles. The zero-order valence-corrected chi connectivity index (χ0v) is 13.7. The maximum Gasteiger partial charge on any atom is 0.131 e. The van der Waals surface area contributed by atoms with Crippen LogP contribution in [0.5, 0.6) is 0 Å². The van der Waals surface area contributed by atoms with E-state index >= 15 is 0 Å². The summed E-state index contributed by atoms with van der Waals surface area (Å²) in [5.74, 6) is 2.14. The molecule has 1 fully saturated rings. The Morgan fingerprint density at radius 1 is 1.40 bits per heavy atom. The number of nitrogens with zero attached hydrogens (tertiary/aromatic N) is 3. The van der Waals surface area contributed by atoms with Crippen LogP contribution in [0.25, 0.3) is 0 Å². The highest BCUT2D eigenvalue weighted by molar-refractivity contribution is 5.50. The summed E-state index contributed by atoms with van der Waals surface area (Å²) in [6.45, 7) is 8.57. The van der Waals surface area contributed by atoms with Gasteiger partial charge in [-0.05, 0) is 32.2 Å². The van der Waals surface area contributed by atoms with E-state index in [1.54, 1.807) is 0 Å². The lowest BCUT2D eigenvalue weighted by atomic mass is 9.86. The minimum atomic E-state index is 0.661. The van der Waals surface area contributed by atoms with E-state index in [9.17, 15) is 0 Å². The number of hydrogen-bond donors (Lipinski definition) is 1. The summed E-state index contributed by atoms with van der Waals surface area (Å²) in [6.07, 6.45) is 5.36. The molecular weight excluding hydrogens is 248 g/mol. The first-order chi connectivity index (χ1) is 9.54. The van der Waals surface area contributed by atoms with Crippen molar-refractivity contribution < 1.29 is 0 Å². The third-order valence-electron chi connectivity index (χ3n) is 4.66. The van der Waals surface area contributed by atoms with E-state index in [0.717, 1.165) is 24.7 Å². The quantitative estimate of drug-likeness (QED) is 0.899. The molecule has 114 valence electrons. The van der Waals surface area contributed by atoms with E-state index in [2.05, 4.69) is 54.9 Å². The van der Waals surface area contributed by atoms with Gasteiger partial charge in [0.15, 0.2) is 0 Å². The molecule has 1 aliphatic rings. The van der Waals surface area contributed by atoms with Gasteiger partial charge in [0, 0.05) is 32.2 Å². The van der Waals surface area contributed by atoms with E-state index in [1.165, 1.54) is 37.1 Å². The topological polar surface area (TPSA) is 33.1 Å². The van der Waals surface area contributed by atoms with Crippen molar-refractivity contribution in [3.05, 3.63) is 11.3 Å². The van der Waals surface area contributed by atoms with Crippen LogP contribution in [-0.4, -0.2) is 29.4 Å². The number of aryl methyl sites for hydroxylation is 2. The highest BCUT2D eigenvalue weighted by Crippen LogP contribution is 2.31. The van der Waals surface area contributed by atoms with E-state index in [0.29, 0.717) is 6.04 Å². The Hall–Kier alpha value is -1.03. The van der Waals surface area contributed by atoms with Gasteiger partial charge in [-0.3, -0.25) is 4.68 Å². The monoisotopic (exact) mass is 278 g/mol. The summed E-state index contributed by atoms with van der Waals surface area (Å²) in [4.78, 5) is 2.47. The summed E-state index contributed by atoms with van der Waals surface area (Å²) in [5, 5.41) is 8.08. The molecule has 1 aliphatic carbocycles. The van der Waals surface area contributed by atoms with Crippen molar-refractivity contribution >= 4 is 5.82 Å². The molecule has 1 aromatic heterocycles. The number of rotatable bonds is 5. The lowest BCUT2D eigenvalue weighted by Crippen LogP contribution is -2.37. The van der Waals surface area contributed by atoms with Crippen molar-refractivity contribution in [2.24, 2.45) is 13.0 Å². The summed E-state index contributed by atoms with van der Waals surface area (Å²) in [6, 6.07) is 0.661. The van der Waals surface area contributed by atoms with Crippen LogP contribution in [0.4, 0.5) is 5.82 Å². The molecular formula is C16H30N4. The average molecular weight is 278 g/mol. The highest BCUT2D eigenvalue weighted by Gasteiger charge is 2.26. The van der Waals surface area contributed by atoms with Gasteiger partial charge in [0.25, 0.3) is 0 Å². The molecule has 0 amide bonds. The highest BCUT2D eigenvalue weighted by atomic mass is 15.4. The van der Waals surface area contributed by atoms with Crippen molar-refractivity contribution in [2.45, 2.75) is 59.0 Å². The fourth-order valence-electron chi connectivity index (χ4n) is 3.51. The van der Waals surface area contributed by atoms with Crippen LogP contribution in [0.3, 0.4) is 0 Å². The van der Waals surface area contributed by atoms with Crippen LogP contribution in [0.1, 0.15) is 50.8 Å². The predicted molar refractivity (Wildman–Crippen MR) is 85.1 cm³/mol. The molecule has 0 bridgehead atoms. The van der Waals surface area contributed by atoms with Crippen molar-refractivity contribution in [2.75, 3.05) is 18.5 Å². The van der Waals surface area contributed by atoms with E-state index in [4.69, 9.17) is 0 Å². The van der Waals surface area contributed by atoms with Gasteiger partial charge >= 0.3 is 0 Å². The second-order valence-electron chi connectivity index (χ2n) is 6.33. The maximum absolute atomic E-state index is 4.63. The van der Waals surface area contributed by atoms with Crippen LogP contribution in [-0.2, 0) is 13.6 Å². The molecule has 4 heteroatoms. The van der Waals surface area contributed by atoms with Gasteiger partial charge in [-0.15, -0.1) is 0 Å². The first kappa shape index (κ1) is 15.4. The minimum Gasteiger partial charge on any atom is -0.357 e. The fraction of sp³-hybridized carbons (Fsp3) is 0.812. The molecule has 0 saturated heterocycles.